The van der Waals surface area contributed by atoms with E-state index in [1.807, 2.05) is 11.3 Å². The quantitative estimate of drug-likeness (QED) is 0.487. The van der Waals surface area contributed by atoms with Gasteiger partial charge in [0.2, 0.25) is 0 Å². The van der Waals surface area contributed by atoms with E-state index >= 15 is 0 Å². The van der Waals surface area contributed by atoms with Gasteiger partial charge < -0.3 is 0 Å². The molecule has 11 heavy (non-hydrogen) atoms. The summed E-state index contributed by atoms with van der Waals surface area (Å²) in [4.78, 5) is 2.82. The molecule has 0 spiro atoms. The van der Waals surface area contributed by atoms with E-state index in [2.05, 4.69) is 58.6 Å². The molecule has 0 amide bonds. The lowest BCUT2D eigenvalue weighted by Gasteiger charge is -1.93. The van der Waals surface area contributed by atoms with E-state index in [1.165, 1.54) is 19.3 Å². The number of hydrogen-bond donors (Lipinski definition) is 0. The number of thiophene rings is 1. The number of rotatable bonds is 2. The van der Waals surface area contributed by atoms with Gasteiger partial charge in [-0.1, -0.05) is 8.93 Å². The van der Waals surface area contributed by atoms with Crippen LogP contribution in [0.4, 0.5) is 0 Å². The molecule has 0 aliphatic heterocycles. The van der Waals surface area contributed by atoms with Gasteiger partial charge in [-0.05, 0) is 21.2 Å². The zero-order chi connectivity index (χ0) is 8.43. The average molecular weight is 446 g/mol. The highest BCUT2D eigenvalue weighted by molar-refractivity contribution is 14.2. The summed E-state index contributed by atoms with van der Waals surface area (Å²) in [6, 6.07) is 0. The van der Waals surface area contributed by atoms with Crippen LogP contribution in [0.1, 0.15) is 4.88 Å². The predicted molar refractivity (Wildman–Crippen MR) is 78.2 cm³/mol. The highest BCUT2D eigenvalue weighted by Gasteiger charge is 2.11. The van der Waals surface area contributed by atoms with Crippen LogP contribution in [-0.2, 0) is 0 Å². The molecule has 0 bridgehead atoms. The lowest BCUT2D eigenvalue weighted by molar-refractivity contribution is 1.46. The summed E-state index contributed by atoms with van der Waals surface area (Å²) >= 11 is 6.54. The Hall–Kier alpha value is 2.29. The second kappa shape index (κ2) is 5.24. The van der Waals surface area contributed by atoms with Gasteiger partial charge in [-0.15, -0.1) is 20.6 Å². The van der Waals surface area contributed by atoms with Crippen molar-refractivity contribution in [3.63, 3.8) is 0 Å². The van der Waals surface area contributed by atoms with Gasteiger partial charge in [0, 0.05) is 47.3 Å². The largest absolute Gasteiger partial charge is 0.131 e. The number of aryl methyl sites for hydroxylation is 1. The van der Waals surface area contributed by atoms with Crippen molar-refractivity contribution in [2.24, 2.45) is 0 Å². The molecule has 0 N–H and O–H groups in total. The summed E-state index contributed by atoms with van der Waals surface area (Å²) in [6.45, 7) is 2.17. The molecule has 0 radical (unpaired) electrons. The molecule has 0 aromatic carbocycles. The van der Waals surface area contributed by atoms with E-state index in [9.17, 15) is 0 Å². The first-order valence-corrected chi connectivity index (χ1v) is 10.8. The molecule has 0 aliphatic rings. The smallest absolute Gasteiger partial charge is 0.0855 e. The molecule has 0 saturated carbocycles. The minimum atomic E-state index is 1.37. The Morgan fingerprint density at radius 3 is 2.36 bits per heavy atom. The van der Waals surface area contributed by atoms with Crippen LogP contribution in [-0.4, -0.2) is 0 Å². The van der Waals surface area contributed by atoms with Crippen molar-refractivity contribution in [1.29, 1.82) is 0 Å². The summed E-state index contributed by atoms with van der Waals surface area (Å²) in [5.41, 5.74) is 0. The molecule has 0 nitrogen and oxygen atoms in total. The molecule has 62 valence electrons. The summed E-state index contributed by atoms with van der Waals surface area (Å²) in [5.74, 6) is 0. The Labute approximate surface area is 105 Å². The summed E-state index contributed by atoms with van der Waals surface area (Å²) < 4.78 is 1.42. The van der Waals surface area contributed by atoms with E-state index in [-0.39, 0.29) is 0 Å². The summed E-state index contributed by atoms with van der Waals surface area (Å²) in [7, 11) is 6.41. The van der Waals surface area contributed by atoms with Crippen LogP contribution in [0, 0.1) is 6.92 Å². The standard InChI is InChI=1S/C5H5I2PS3/c1-2-3(8)4(10-6)5(9-2)11-7/h8H2,1H3. The van der Waals surface area contributed by atoms with E-state index in [4.69, 9.17) is 0 Å². The van der Waals surface area contributed by atoms with Crippen molar-refractivity contribution in [2.75, 3.05) is 0 Å². The molecule has 6 heteroatoms. The zero-order valence-corrected chi connectivity index (χ0v) is 13.5. The van der Waals surface area contributed by atoms with Gasteiger partial charge in [0.15, 0.2) is 0 Å². The Morgan fingerprint density at radius 1 is 1.36 bits per heavy atom. The fourth-order valence-corrected chi connectivity index (χ4v) is 8.49. The lowest BCUT2D eigenvalue weighted by atomic mass is 10.5. The van der Waals surface area contributed by atoms with Gasteiger partial charge in [0.25, 0.3) is 0 Å². The van der Waals surface area contributed by atoms with Gasteiger partial charge in [-0.2, -0.15) is 0 Å². The first kappa shape index (κ1) is 11.4. The maximum atomic E-state index is 2.81. The van der Waals surface area contributed by atoms with E-state index in [0.29, 0.717) is 0 Å². The fraction of sp³-hybridized carbons (Fsp3) is 0.200. The molecule has 1 aromatic heterocycles. The van der Waals surface area contributed by atoms with Gasteiger partial charge in [-0.3, -0.25) is 0 Å². The SMILES string of the molecule is Cc1sc(SI)c(SI)c1P. The van der Waals surface area contributed by atoms with Crippen molar-refractivity contribution in [3.8, 4) is 0 Å². The monoisotopic (exact) mass is 446 g/mol. The molecule has 1 heterocycles. The van der Waals surface area contributed by atoms with Crippen LogP contribution >= 0.6 is 80.9 Å². The van der Waals surface area contributed by atoms with Crippen LogP contribution in [0.2, 0.25) is 0 Å². The zero-order valence-electron chi connectivity index (χ0n) is 5.56. The van der Waals surface area contributed by atoms with Crippen molar-refractivity contribution >= 4 is 86.2 Å². The van der Waals surface area contributed by atoms with Gasteiger partial charge in [0.05, 0.1) is 9.10 Å². The van der Waals surface area contributed by atoms with Crippen molar-refractivity contribution < 1.29 is 0 Å². The van der Waals surface area contributed by atoms with Crippen molar-refractivity contribution in [1.82, 2.24) is 0 Å². The molecule has 0 aliphatic carbocycles. The molecule has 1 atom stereocenters. The second-order valence-electron chi connectivity index (χ2n) is 1.84. The van der Waals surface area contributed by atoms with Crippen molar-refractivity contribution in [3.05, 3.63) is 4.88 Å². The summed E-state index contributed by atoms with van der Waals surface area (Å²) in [6.07, 6.45) is 0. The predicted octanol–water partition coefficient (Wildman–Crippen LogP) is 4.44. The second-order valence-corrected chi connectivity index (χ2v) is 7.67. The molecule has 0 fully saturated rings. The minimum absolute atomic E-state index is 1.37. The first-order chi connectivity index (χ1) is 5.20. The molecule has 0 saturated heterocycles. The van der Waals surface area contributed by atoms with Crippen LogP contribution in [0.25, 0.3) is 0 Å². The molecule has 1 rings (SSSR count). The Kier molecular flexibility index (Phi) is 5.41. The van der Waals surface area contributed by atoms with Gasteiger partial charge in [-0.25, -0.2) is 0 Å². The van der Waals surface area contributed by atoms with Gasteiger partial charge >= 0.3 is 0 Å². The third kappa shape index (κ3) is 2.62. The van der Waals surface area contributed by atoms with E-state index < -0.39 is 0 Å². The van der Waals surface area contributed by atoms with Crippen LogP contribution in [0.5, 0.6) is 0 Å². The highest BCUT2D eigenvalue weighted by Crippen LogP contribution is 2.42. The van der Waals surface area contributed by atoms with E-state index in [1.54, 1.807) is 17.9 Å². The molecular weight excluding hydrogens is 441 g/mol. The van der Waals surface area contributed by atoms with E-state index in [0.717, 1.165) is 0 Å². The topological polar surface area (TPSA) is 0 Å². The van der Waals surface area contributed by atoms with Crippen LogP contribution < -0.4 is 5.30 Å². The molecule has 1 aromatic rings. The maximum absolute atomic E-state index is 2.81. The third-order valence-electron chi connectivity index (χ3n) is 1.20. The number of hydrogen-bond acceptors (Lipinski definition) is 3. The molecule has 1 unspecified atom stereocenters. The normalized spacial score (nSPS) is 10.5. The maximum Gasteiger partial charge on any atom is 0.0855 e. The summed E-state index contributed by atoms with van der Waals surface area (Å²) in [5, 5.41) is 1.37. The highest BCUT2D eigenvalue weighted by atomic mass is 127. The van der Waals surface area contributed by atoms with Crippen LogP contribution in [0.15, 0.2) is 9.10 Å². The van der Waals surface area contributed by atoms with Gasteiger partial charge in [0.1, 0.15) is 0 Å². The fourth-order valence-electron chi connectivity index (χ4n) is 0.634. The first-order valence-electron chi connectivity index (χ1n) is 2.66. The lowest BCUT2D eigenvalue weighted by Crippen LogP contribution is -1.90. The Balaban J connectivity index is 3.15. The molecular formula is C5H5I2PS3. The minimum Gasteiger partial charge on any atom is -0.131 e. The van der Waals surface area contributed by atoms with Crippen LogP contribution in [0.3, 0.4) is 0 Å². The third-order valence-corrected chi connectivity index (χ3v) is 8.48. The Morgan fingerprint density at radius 2 is 2.00 bits per heavy atom. The number of halogens is 2. The Bertz CT molecular complexity index is 260. The average Bonchev–Trinajstić information content (AvgIpc) is 2.28. The van der Waals surface area contributed by atoms with Crippen molar-refractivity contribution in [2.45, 2.75) is 16.0 Å².